The molecular formula is C12H18FN3O2S. The molecule has 0 saturated heterocycles. The lowest BCUT2D eigenvalue weighted by Crippen LogP contribution is -2.45. The van der Waals surface area contributed by atoms with Crippen molar-refractivity contribution in [2.24, 2.45) is 11.7 Å². The fourth-order valence-electron chi connectivity index (χ4n) is 2.47. The number of rotatable bonds is 4. The number of nitrogens with one attached hydrogen (secondary N) is 1. The molecule has 0 spiro atoms. The zero-order valence-corrected chi connectivity index (χ0v) is 11.4. The molecule has 2 atom stereocenters. The van der Waals surface area contributed by atoms with Gasteiger partial charge >= 0.3 is 0 Å². The van der Waals surface area contributed by atoms with Crippen LogP contribution in [0.25, 0.3) is 0 Å². The SMILES string of the molecule is NCC1CCCCC1NS(=O)(=O)c1ncccc1F. The molecule has 3 N–H and O–H groups in total. The Hall–Kier alpha value is -1.05. The number of nitrogens with zero attached hydrogens (tertiary/aromatic N) is 1. The van der Waals surface area contributed by atoms with Crippen molar-refractivity contribution in [3.63, 3.8) is 0 Å². The van der Waals surface area contributed by atoms with Gasteiger partial charge in [-0.05, 0) is 37.4 Å². The molecule has 7 heteroatoms. The molecule has 2 rings (SSSR count). The van der Waals surface area contributed by atoms with Crippen LogP contribution < -0.4 is 10.5 Å². The fraction of sp³-hybridized carbons (Fsp3) is 0.583. The molecule has 1 heterocycles. The van der Waals surface area contributed by atoms with Crippen molar-refractivity contribution in [3.8, 4) is 0 Å². The number of aromatic nitrogens is 1. The highest BCUT2D eigenvalue weighted by molar-refractivity contribution is 7.89. The highest BCUT2D eigenvalue weighted by Gasteiger charge is 2.30. The van der Waals surface area contributed by atoms with Crippen molar-refractivity contribution >= 4 is 10.0 Å². The second kappa shape index (κ2) is 5.94. The first kappa shape index (κ1) is 14.4. The number of hydrogen-bond donors (Lipinski definition) is 2. The Morgan fingerprint density at radius 2 is 2.16 bits per heavy atom. The molecule has 2 unspecified atom stereocenters. The van der Waals surface area contributed by atoms with E-state index in [0.29, 0.717) is 6.54 Å². The van der Waals surface area contributed by atoms with Crippen LogP contribution in [-0.2, 0) is 10.0 Å². The lowest BCUT2D eigenvalue weighted by atomic mass is 9.85. The average molecular weight is 287 g/mol. The molecule has 1 fully saturated rings. The van der Waals surface area contributed by atoms with Gasteiger partial charge in [-0.15, -0.1) is 0 Å². The largest absolute Gasteiger partial charge is 0.330 e. The fourth-order valence-corrected chi connectivity index (χ4v) is 3.81. The van der Waals surface area contributed by atoms with Gasteiger partial charge in [-0.1, -0.05) is 12.8 Å². The predicted molar refractivity (Wildman–Crippen MR) is 69.3 cm³/mol. The van der Waals surface area contributed by atoms with Crippen molar-refractivity contribution in [1.82, 2.24) is 9.71 Å². The summed E-state index contributed by atoms with van der Waals surface area (Å²) in [5, 5.41) is -0.545. The first-order valence-corrected chi connectivity index (χ1v) is 7.86. The molecule has 0 aromatic carbocycles. The molecule has 0 aliphatic heterocycles. The highest BCUT2D eigenvalue weighted by Crippen LogP contribution is 2.25. The number of sulfonamides is 1. The van der Waals surface area contributed by atoms with E-state index in [2.05, 4.69) is 9.71 Å². The van der Waals surface area contributed by atoms with Crippen molar-refractivity contribution in [2.45, 2.75) is 36.8 Å². The molecule has 0 amide bonds. The summed E-state index contributed by atoms with van der Waals surface area (Å²) >= 11 is 0. The molecule has 5 nitrogen and oxygen atoms in total. The minimum absolute atomic E-state index is 0.107. The molecule has 1 aliphatic carbocycles. The van der Waals surface area contributed by atoms with Crippen LogP contribution in [0.1, 0.15) is 25.7 Å². The Kier molecular flexibility index (Phi) is 4.49. The summed E-state index contributed by atoms with van der Waals surface area (Å²) in [6.45, 7) is 0.428. The van der Waals surface area contributed by atoms with E-state index >= 15 is 0 Å². The van der Waals surface area contributed by atoms with Gasteiger partial charge in [0.1, 0.15) is 0 Å². The van der Waals surface area contributed by atoms with Crippen LogP contribution in [0.2, 0.25) is 0 Å². The van der Waals surface area contributed by atoms with Gasteiger partial charge in [0.2, 0.25) is 5.03 Å². The number of nitrogens with two attached hydrogens (primary N) is 1. The van der Waals surface area contributed by atoms with Gasteiger partial charge in [-0.2, -0.15) is 0 Å². The normalized spacial score (nSPS) is 24.3. The Balaban J connectivity index is 2.19. The van der Waals surface area contributed by atoms with E-state index in [1.165, 1.54) is 12.3 Å². The third kappa shape index (κ3) is 3.29. The van der Waals surface area contributed by atoms with Crippen LogP contribution in [0.15, 0.2) is 23.4 Å². The van der Waals surface area contributed by atoms with Crippen molar-refractivity contribution in [2.75, 3.05) is 6.54 Å². The molecule has 106 valence electrons. The lowest BCUT2D eigenvalue weighted by Gasteiger charge is -2.30. The highest BCUT2D eigenvalue weighted by atomic mass is 32.2. The van der Waals surface area contributed by atoms with Gasteiger partial charge in [0.25, 0.3) is 10.0 Å². The van der Waals surface area contributed by atoms with E-state index in [-0.39, 0.29) is 12.0 Å². The summed E-state index contributed by atoms with van der Waals surface area (Å²) in [5.74, 6) is -0.731. The van der Waals surface area contributed by atoms with Gasteiger partial charge in [0, 0.05) is 12.2 Å². The first-order chi connectivity index (χ1) is 9.04. The monoisotopic (exact) mass is 287 g/mol. The molecule has 0 bridgehead atoms. The second-order valence-electron chi connectivity index (χ2n) is 4.80. The molecule has 0 radical (unpaired) electrons. The van der Waals surface area contributed by atoms with E-state index in [1.54, 1.807) is 0 Å². The summed E-state index contributed by atoms with van der Waals surface area (Å²) in [6, 6.07) is 2.21. The molecular weight excluding hydrogens is 269 g/mol. The van der Waals surface area contributed by atoms with Crippen LogP contribution in [0.3, 0.4) is 0 Å². The van der Waals surface area contributed by atoms with Crippen LogP contribution in [0.4, 0.5) is 4.39 Å². The third-order valence-corrected chi connectivity index (χ3v) is 4.92. The molecule has 1 aromatic rings. The topological polar surface area (TPSA) is 85.1 Å². The average Bonchev–Trinajstić information content (AvgIpc) is 2.39. The Labute approximate surface area is 112 Å². The predicted octanol–water partition coefficient (Wildman–Crippen LogP) is 1.02. The quantitative estimate of drug-likeness (QED) is 0.865. The van der Waals surface area contributed by atoms with Crippen molar-refractivity contribution in [3.05, 3.63) is 24.1 Å². The summed E-state index contributed by atoms with van der Waals surface area (Å²) in [6.07, 6.45) is 4.90. The second-order valence-corrected chi connectivity index (χ2v) is 6.43. The minimum atomic E-state index is -3.93. The molecule has 1 aromatic heterocycles. The summed E-state index contributed by atoms with van der Waals surface area (Å²) in [5.41, 5.74) is 5.66. The molecule has 1 saturated carbocycles. The van der Waals surface area contributed by atoms with Gasteiger partial charge in [-0.3, -0.25) is 0 Å². The van der Waals surface area contributed by atoms with Crippen LogP contribution in [0, 0.1) is 11.7 Å². The van der Waals surface area contributed by atoms with Crippen LogP contribution in [-0.4, -0.2) is 26.0 Å². The van der Waals surface area contributed by atoms with E-state index in [9.17, 15) is 12.8 Å². The van der Waals surface area contributed by atoms with E-state index < -0.39 is 20.9 Å². The number of hydrogen-bond acceptors (Lipinski definition) is 4. The smallest absolute Gasteiger partial charge is 0.261 e. The van der Waals surface area contributed by atoms with E-state index in [4.69, 9.17) is 5.73 Å². The number of pyridine rings is 1. The number of halogens is 1. The Morgan fingerprint density at radius 1 is 1.42 bits per heavy atom. The van der Waals surface area contributed by atoms with Gasteiger partial charge < -0.3 is 5.73 Å². The minimum Gasteiger partial charge on any atom is -0.330 e. The first-order valence-electron chi connectivity index (χ1n) is 6.37. The third-order valence-electron chi connectivity index (χ3n) is 3.50. The van der Waals surface area contributed by atoms with Gasteiger partial charge in [0.15, 0.2) is 5.82 Å². The van der Waals surface area contributed by atoms with Crippen molar-refractivity contribution < 1.29 is 12.8 Å². The standard InChI is InChI=1S/C12H18FN3O2S/c13-10-5-3-7-15-12(10)19(17,18)16-11-6-2-1-4-9(11)8-14/h3,5,7,9,11,16H,1-2,4,6,8,14H2. The van der Waals surface area contributed by atoms with E-state index in [1.807, 2.05) is 0 Å². The summed E-state index contributed by atoms with van der Waals surface area (Å²) in [4.78, 5) is 3.61. The summed E-state index contributed by atoms with van der Waals surface area (Å²) < 4.78 is 40.3. The zero-order valence-electron chi connectivity index (χ0n) is 10.5. The maximum Gasteiger partial charge on any atom is 0.261 e. The van der Waals surface area contributed by atoms with Crippen molar-refractivity contribution in [1.29, 1.82) is 0 Å². The van der Waals surface area contributed by atoms with Crippen LogP contribution >= 0.6 is 0 Å². The van der Waals surface area contributed by atoms with E-state index in [0.717, 1.165) is 31.7 Å². The van der Waals surface area contributed by atoms with Gasteiger partial charge in [0.05, 0.1) is 0 Å². The maximum atomic E-state index is 13.5. The zero-order chi connectivity index (χ0) is 13.9. The maximum absolute atomic E-state index is 13.5. The van der Waals surface area contributed by atoms with Crippen LogP contribution in [0.5, 0.6) is 0 Å². The summed E-state index contributed by atoms with van der Waals surface area (Å²) in [7, 11) is -3.93. The van der Waals surface area contributed by atoms with Gasteiger partial charge in [-0.25, -0.2) is 22.5 Å². The Morgan fingerprint density at radius 3 is 2.84 bits per heavy atom. The Bertz CT molecular complexity index is 536. The molecule has 19 heavy (non-hydrogen) atoms. The molecule has 1 aliphatic rings. The lowest BCUT2D eigenvalue weighted by molar-refractivity contribution is 0.295.